The Balaban J connectivity index is 2.43. The molecule has 0 aliphatic carbocycles. The molecule has 8 nitrogen and oxygen atoms in total. The normalized spacial score (nSPS) is 11.1. The highest BCUT2D eigenvalue weighted by atomic mass is 79.9. The minimum atomic E-state index is -0.515. The summed E-state index contributed by atoms with van der Waals surface area (Å²) in [4.78, 5) is 31.6. The highest BCUT2D eigenvalue weighted by Crippen LogP contribution is 2.30. The lowest BCUT2D eigenvalue weighted by Gasteiger charge is -2.12. The minimum absolute atomic E-state index is 0.170. The van der Waals surface area contributed by atoms with E-state index in [1.54, 1.807) is 31.3 Å². The predicted octanol–water partition coefficient (Wildman–Crippen LogP) is 4.35. The van der Waals surface area contributed by atoms with Crippen molar-refractivity contribution in [3.63, 3.8) is 0 Å². The van der Waals surface area contributed by atoms with E-state index >= 15 is 0 Å². The first-order chi connectivity index (χ1) is 13.0. The number of nitrogens with one attached hydrogen (secondary N) is 2. The van der Waals surface area contributed by atoms with Gasteiger partial charge in [0, 0.05) is 29.7 Å². The molecular weight excluding hydrogens is 414 g/mol. The average molecular weight is 434 g/mol. The predicted molar refractivity (Wildman–Crippen MR) is 109 cm³/mol. The Morgan fingerprint density at radius 1 is 1.37 bits per heavy atom. The zero-order chi connectivity index (χ0) is 19.8. The number of anilines is 1. The summed E-state index contributed by atoms with van der Waals surface area (Å²) in [6, 6.07) is 8.03. The Labute approximate surface area is 165 Å². The number of hydrogen-bond acceptors (Lipinski definition) is 5. The van der Waals surface area contributed by atoms with E-state index in [4.69, 9.17) is 0 Å². The fraction of sp³-hybridized carbons (Fsp3) is 0.278. The summed E-state index contributed by atoms with van der Waals surface area (Å²) < 4.78 is 0. The van der Waals surface area contributed by atoms with Crippen molar-refractivity contribution in [1.29, 1.82) is 0 Å². The third-order valence-electron chi connectivity index (χ3n) is 3.64. The summed E-state index contributed by atoms with van der Waals surface area (Å²) in [6.45, 7) is 4.12. The summed E-state index contributed by atoms with van der Waals surface area (Å²) in [5.41, 5.74) is 1.74. The molecule has 2 N–H and O–H groups in total. The molecule has 2 rings (SSSR count). The van der Waals surface area contributed by atoms with Gasteiger partial charge in [-0.3, -0.25) is 10.1 Å². The van der Waals surface area contributed by atoms with Crippen LogP contribution in [0.15, 0.2) is 41.5 Å². The highest BCUT2D eigenvalue weighted by Gasteiger charge is 2.21. The zero-order valence-electron chi connectivity index (χ0n) is 15.0. The van der Waals surface area contributed by atoms with Crippen molar-refractivity contribution in [3.05, 3.63) is 57.8 Å². The molecule has 1 aromatic heterocycles. The van der Waals surface area contributed by atoms with Gasteiger partial charge in [0.05, 0.1) is 10.6 Å². The van der Waals surface area contributed by atoms with Gasteiger partial charge < -0.3 is 10.6 Å². The number of aliphatic imine (C=N–C) groups is 1. The number of aryl methyl sites for hydroxylation is 1. The molecule has 0 saturated heterocycles. The quantitative estimate of drug-likeness (QED) is 0.292. The number of hydrogen-bond donors (Lipinski definition) is 2. The fourth-order valence-corrected chi connectivity index (χ4v) is 2.82. The molecule has 0 spiro atoms. The van der Waals surface area contributed by atoms with Gasteiger partial charge in [-0.15, -0.1) is 0 Å². The number of carbonyl (C=O) groups is 1. The lowest BCUT2D eigenvalue weighted by molar-refractivity contribution is -0.384. The van der Waals surface area contributed by atoms with E-state index in [0.29, 0.717) is 34.5 Å². The number of pyridine rings is 1. The van der Waals surface area contributed by atoms with Gasteiger partial charge in [-0.1, -0.05) is 28.9 Å². The number of urea groups is 1. The second-order valence-corrected chi connectivity index (χ2v) is 6.27. The van der Waals surface area contributed by atoms with Crippen molar-refractivity contribution in [2.24, 2.45) is 4.99 Å². The number of nitro benzene ring substituents is 1. The maximum atomic E-state index is 11.9. The van der Waals surface area contributed by atoms with E-state index < -0.39 is 11.0 Å². The van der Waals surface area contributed by atoms with Crippen molar-refractivity contribution < 1.29 is 9.72 Å². The van der Waals surface area contributed by atoms with Crippen molar-refractivity contribution in [2.75, 3.05) is 17.2 Å². The minimum Gasteiger partial charge on any atom is -0.338 e. The van der Waals surface area contributed by atoms with Crippen molar-refractivity contribution in [1.82, 2.24) is 10.3 Å². The second kappa shape index (κ2) is 9.77. The molecule has 2 amide bonds. The van der Waals surface area contributed by atoms with E-state index in [2.05, 4.69) is 36.5 Å². The topological polar surface area (TPSA) is 110 Å². The monoisotopic (exact) mass is 433 g/mol. The number of carbonyl (C=O) groups excluding carboxylic acids is 1. The van der Waals surface area contributed by atoms with E-state index in [9.17, 15) is 14.9 Å². The molecule has 0 fully saturated rings. The van der Waals surface area contributed by atoms with Crippen LogP contribution in [0.2, 0.25) is 0 Å². The van der Waals surface area contributed by atoms with Crippen LogP contribution in [0.1, 0.15) is 24.5 Å². The molecule has 9 heteroatoms. The number of halogens is 1. The van der Waals surface area contributed by atoms with E-state index in [-0.39, 0.29) is 11.4 Å². The molecule has 142 valence electrons. The second-order valence-electron chi connectivity index (χ2n) is 5.71. The number of nitro groups is 1. The lowest BCUT2D eigenvalue weighted by Crippen LogP contribution is -2.29. The molecule has 2 aromatic rings. The van der Waals surface area contributed by atoms with Gasteiger partial charge in [0.15, 0.2) is 5.82 Å². The van der Waals surface area contributed by atoms with Gasteiger partial charge in [0.25, 0.3) is 5.69 Å². The standard InChI is InChI=1S/C18H20BrN5O3/c1-3-7-21-18(25)23-17-12(2)9-13(10-15(17)24(26)27)14(11-19)22-16-6-4-5-8-20-16/h4-6,8-10H,3,7,11H2,1-2H3,(H2,21,23,25)/b22-14+. The van der Waals surface area contributed by atoms with Crippen LogP contribution < -0.4 is 10.6 Å². The molecule has 0 radical (unpaired) electrons. The molecule has 1 aromatic carbocycles. The maximum Gasteiger partial charge on any atom is 0.319 e. The third kappa shape index (κ3) is 5.58. The highest BCUT2D eigenvalue weighted by molar-refractivity contribution is 9.09. The molecule has 0 aliphatic rings. The Bertz CT molecular complexity index is 856. The van der Waals surface area contributed by atoms with Crippen LogP contribution >= 0.6 is 15.9 Å². The van der Waals surface area contributed by atoms with Crippen molar-refractivity contribution in [3.8, 4) is 0 Å². The molecule has 0 bridgehead atoms. The van der Waals surface area contributed by atoms with E-state index in [0.717, 1.165) is 6.42 Å². The van der Waals surface area contributed by atoms with Crippen LogP contribution in [0.5, 0.6) is 0 Å². The Kier molecular flexibility index (Phi) is 7.42. The first-order valence-corrected chi connectivity index (χ1v) is 9.47. The average Bonchev–Trinajstić information content (AvgIpc) is 2.66. The van der Waals surface area contributed by atoms with Gasteiger partial charge in [-0.25, -0.2) is 14.8 Å². The van der Waals surface area contributed by atoms with Crippen molar-refractivity contribution in [2.45, 2.75) is 20.3 Å². The van der Waals surface area contributed by atoms with Crippen LogP contribution in [-0.2, 0) is 0 Å². The maximum absolute atomic E-state index is 11.9. The molecule has 1 heterocycles. The summed E-state index contributed by atoms with van der Waals surface area (Å²) in [7, 11) is 0. The van der Waals surface area contributed by atoms with Gasteiger partial charge in [0.1, 0.15) is 5.69 Å². The summed E-state index contributed by atoms with van der Waals surface area (Å²) in [5.74, 6) is 0.508. The van der Waals surface area contributed by atoms with Crippen LogP contribution in [0.3, 0.4) is 0 Å². The smallest absolute Gasteiger partial charge is 0.319 e. The van der Waals surface area contributed by atoms with Gasteiger partial charge in [-0.2, -0.15) is 0 Å². The number of alkyl halides is 1. The number of nitrogens with zero attached hydrogens (tertiary/aromatic N) is 3. The van der Waals surface area contributed by atoms with Crippen LogP contribution in [0.4, 0.5) is 22.0 Å². The first-order valence-electron chi connectivity index (χ1n) is 8.35. The van der Waals surface area contributed by atoms with E-state index in [1.165, 1.54) is 6.07 Å². The van der Waals surface area contributed by atoms with Crippen molar-refractivity contribution >= 4 is 44.9 Å². The van der Waals surface area contributed by atoms with Gasteiger partial charge >= 0.3 is 6.03 Å². The molecular formula is C18H20BrN5O3. The summed E-state index contributed by atoms with van der Waals surface area (Å²) in [5, 5.41) is 17.2. The Hall–Kier alpha value is -2.81. The number of benzene rings is 1. The third-order valence-corrected chi connectivity index (χ3v) is 4.18. The largest absolute Gasteiger partial charge is 0.338 e. The molecule has 0 unspecified atom stereocenters. The molecule has 0 aliphatic heterocycles. The molecule has 0 saturated carbocycles. The molecule has 0 atom stereocenters. The van der Waals surface area contributed by atoms with Crippen LogP contribution in [0.25, 0.3) is 0 Å². The molecule has 27 heavy (non-hydrogen) atoms. The Morgan fingerprint density at radius 3 is 2.74 bits per heavy atom. The first kappa shape index (κ1) is 20.5. The Morgan fingerprint density at radius 2 is 2.15 bits per heavy atom. The number of rotatable bonds is 7. The SMILES string of the molecule is CCCNC(=O)Nc1c(C)cc(/C(CBr)=N/c2ccccn2)cc1[N+](=O)[O-]. The summed E-state index contributed by atoms with van der Waals surface area (Å²) >= 11 is 3.38. The summed E-state index contributed by atoms with van der Waals surface area (Å²) in [6.07, 6.45) is 2.40. The fourth-order valence-electron chi connectivity index (χ4n) is 2.37. The van der Waals surface area contributed by atoms with Gasteiger partial charge in [0.2, 0.25) is 0 Å². The number of aromatic nitrogens is 1. The van der Waals surface area contributed by atoms with Crippen LogP contribution in [0, 0.1) is 17.0 Å². The number of amides is 2. The van der Waals surface area contributed by atoms with E-state index in [1.807, 2.05) is 13.0 Å². The van der Waals surface area contributed by atoms with Crippen LogP contribution in [-0.4, -0.2) is 33.5 Å². The van der Waals surface area contributed by atoms with Gasteiger partial charge in [-0.05, 0) is 37.1 Å². The lowest BCUT2D eigenvalue weighted by atomic mass is 10.0. The zero-order valence-corrected chi connectivity index (χ0v) is 16.6.